The quantitative estimate of drug-likeness (QED) is 0.513. The van der Waals surface area contributed by atoms with Crippen molar-refractivity contribution in [1.29, 1.82) is 0 Å². The lowest BCUT2D eigenvalue weighted by molar-refractivity contribution is -0.121. The fourth-order valence-corrected chi connectivity index (χ4v) is 2.82. The smallest absolute Gasteiger partial charge is 0.273 e. The molecule has 2 aromatic heterocycles. The topological polar surface area (TPSA) is 119 Å². The molecule has 0 atom stereocenters. The number of aromatic nitrogens is 4. The van der Waals surface area contributed by atoms with Crippen molar-refractivity contribution in [2.75, 3.05) is 13.7 Å². The number of carbonyl (C=O) groups is 1. The molecule has 0 aliphatic rings. The van der Waals surface area contributed by atoms with Gasteiger partial charge in [-0.25, -0.2) is 0 Å². The molecular formula is C22H25N5O4. The van der Waals surface area contributed by atoms with Crippen molar-refractivity contribution in [3.63, 3.8) is 0 Å². The zero-order chi connectivity index (χ0) is 22.1. The van der Waals surface area contributed by atoms with Crippen LogP contribution in [-0.2, 0) is 17.8 Å². The number of aromatic amines is 1. The van der Waals surface area contributed by atoms with Crippen molar-refractivity contribution in [1.82, 2.24) is 25.5 Å². The number of H-pyrrole nitrogens is 1. The number of hydrogen-bond acceptors (Lipinski definition) is 7. The minimum Gasteiger partial charge on any atom is -0.493 e. The van der Waals surface area contributed by atoms with Crippen LogP contribution in [-0.4, -0.2) is 39.8 Å². The Labute approximate surface area is 179 Å². The summed E-state index contributed by atoms with van der Waals surface area (Å²) in [6, 6.07) is 8.96. The number of methoxy groups -OCH3 is 1. The highest BCUT2D eigenvalue weighted by atomic mass is 16.5. The third-order valence-corrected chi connectivity index (χ3v) is 4.46. The molecule has 3 rings (SSSR count). The molecule has 1 aromatic carbocycles. The van der Waals surface area contributed by atoms with Gasteiger partial charge in [0.05, 0.1) is 13.7 Å². The van der Waals surface area contributed by atoms with Crippen LogP contribution in [0.25, 0.3) is 11.4 Å². The van der Waals surface area contributed by atoms with Crippen molar-refractivity contribution >= 4 is 5.91 Å². The van der Waals surface area contributed by atoms with Gasteiger partial charge in [-0.3, -0.25) is 14.6 Å². The summed E-state index contributed by atoms with van der Waals surface area (Å²) >= 11 is 0. The highest BCUT2D eigenvalue weighted by Gasteiger charge is 2.12. The highest BCUT2D eigenvalue weighted by Crippen LogP contribution is 2.31. The highest BCUT2D eigenvalue weighted by molar-refractivity contribution is 5.76. The molecule has 2 N–H and O–H groups in total. The van der Waals surface area contributed by atoms with Gasteiger partial charge in [-0.15, -0.1) is 10.2 Å². The van der Waals surface area contributed by atoms with E-state index in [9.17, 15) is 9.59 Å². The van der Waals surface area contributed by atoms with Crippen LogP contribution in [0.5, 0.6) is 11.5 Å². The molecule has 0 spiro atoms. The van der Waals surface area contributed by atoms with Crippen LogP contribution in [0, 0.1) is 0 Å². The molecule has 31 heavy (non-hydrogen) atoms. The summed E-state index contributed by atoms with van der Waals surface area (Å²) in [7, 11) is 1.55. The number of rotatable bonds is 10. The van der Waals surface area contributed by atoms with Crippen molar-refractivity contribution < 1.29 is 14.3 Å². The second-order valence-electron chi connectivity index (χ2n) is 6.80. The average Bonchev–Trinajstić information content (AvgIpc) is 2.81. The standard InChI is InChI=1S/C22H25N5O4/c1-3-11-31-18-8-6-16(12-19(18)30-2)21-25-22(29)17(26-27-21)7-9-20(28)24-14-15-5-4-10-23-13-15/h4-6,8,10,12-13H,3,7,9,11,14H2,1-2H3,(H,24,28)(H,25,27,29). The van der Waals surface area contributed by atoms with E-state index in [0.29, 0.717) is 36.0 Å². The minimum absolute atomic E-state index is 0.134. The molecule has 1 amide bonds. The molecular weight excluding hydrogens is 398 g/mol. The summed E-state index contributed by atoms with van der Waals surface area (Å²) in [6.07, 6.45) is 4.56. The largest absolute Gasteiger partial charge is 0.493 e. The van der Waals surface area contributed by atoms with Crippen molar-refractivity contribution in [2.45, 2.75) is 32.7 Å². The number of nitrogens with one attached hydrogen (secondary N) is 2. The first-order valence-electron chi connectivity index (χ1n) is 10.0. The molecule has 9 nitrogen and oxygen atoms in total. The van der Waals surface area contributed by atoms with Gasteiger partial charge in [0.1, 0.15) is 5.69 Å². The van der Waals surface area contributed by atoms with Gasteiger partial charge in [-0.2, -0.15) is 0 Å². The third kappa shape index (κ3) is 6.11. The number of nitrogens with zero attached hydrogens (tertiary/aromatic N) is 3. The van der Waals surface area contributed by atoms with Crippen LogP contribution in [0.15, 0.2) is 47.5 Å². The Morgan fingerprint density at radius 1 is 1.19 bits per heavy atom. The molecule has 0 saturated carbocycles. The Balaban J connectivity index is 1.62. The van der Waals surface area contributed by atoms with Gasteiger partial charge < -0.3 is 19.8 Å². The minimum atomic E-state index is -0.379. The first-order chi connectivity index (χ1) is 15.1. The monoisotopic (exact) mass is 423 g/mol. The van der Waals surface area contributed by atoms with Crippen LogP contribution in [0.1, 0.15) is 31.0 Å². The van der Waals surface area contributed by atoms with Gasteiger partial charge in [0.25, 0.3) is 5.56 Å². The van der Waals surface area contributed by atoms with Gasteiger partial charge >= 0.3 is 0 Å². The van der Waals surface area contributed by atoms with E-state index in [1.807, 2.05) is 13.0 Å². The fraction of sp³-hybridized carbons (Fsp3) is 0.318. The number of aryl methyl sites for hydroxylation is 1. The second-order valence-corrected chi connectivity index (χ2v) is 6.80. The molecule has 0 fully saturated rings. The van der Waals surface area contributed by atoms with Gasteiger partial charge in [-0.1, -0.05) is 13.0 Å². The maximum Gasteiger partial charge on any atom is 0.273 e. The van der Waals surface area contributed by atoms with E-state index >= 15 is 0 Å². The number of pyridine rings is 1. The summed E-state index contributed by atoms with van der Waals surface area (Å²) in [5.41, 5.74) is 1.37. The second kappa shape index (κ2) is 10.9. The van der Waals surface area contributed by atoms with Crippen LogP contribution in [0.2, 0.25) is 0 Å². The predicted molar refractivity (Wildman–Crippen MR) is 115 cm³/mol. The summed E-state index contributed by atoms with van der Waals surface area (Å²) in [4.78, 5) is 31.2. The van der Waals surface area contributed by atoms with Gasteiger partial charge in [-0.05, 0) is 36.2 Å². The Bertz CT molecular complexity index is 1070. The summed E-state index contributed by atoms with van der Waals surface area (Å²) in [5.74, 6) is 1.30. The van der Waals surface area contributed by atoms with Crippen LogP contribution in [0.3, 0.4) is 0 Å². The van der Waals surface area contributed by atoms with Gasteiger partial charge in [0.15, 0.2) is 17.3 Å². The lowest BCUT2D eigenvalue weighted by Gasteiger charge is -2.11. The number of carbonyl (C=O) groups excluding carboxylic acids is 1. The first-order valence-corrected chi connectivity index (χ1v) is 10.0. The van der Waals surface area contributed by atoms with Crippen molar-refractivity contribution in [3.05, 3.63) is 64.3 Å². The van der Waals surface area contributed by atoms with Gasteiger partial charge in [0, 0.05) is 37.3 Å². The SMILES string of the molecule is CCCOc1ccc(-c2nnc(CCC(=O)NCc3cccnc3)c(=O)[nH]2)cc1OC. The number of amides is 1. The molecule has 0 aliphatic heterocycles. The van der Waals surface area contributed by atoms with Gasteiger partial charge in [0.2, 0.25) is 5.91 Å². The van der Waals surface area contributed by atoms with Crippen LogP contribution >= 0.6 is 0 Å². The third-order valence-electron chi connectivity index (χ3n) is 4.46. The molecule has 0 radical (unpaired) electrons. The Morgan fingerprint density at radius 3 is 2.77 bits per heavy atom. The summed E-state index contributed by atoms with van der Waals surface area (Å²) in [6.45, 7) is 2.98. The molecule has 3 aromatic rings. The van der Waals surface area contributed by atoms with E-state index in [4.69, 9.17) is 9.47 Å². The van der Waals surface area contributed by atoms with E-state index < -0.39 is 0 Å². The maximum absolute atomic E-state index is 12.4. The van der Waals surface area contributed by atoms with E-state index in [0.717, 1.165) is 12.0 Å². The molecule has 2 heterocycles. The number of benzene rings is 1. The Hall–Kier alpha value is -3.75. The molecule has 0 bridgehead atoms. The zero-order valence-corrected chi connectivity index (χ0v) is 17.6. The average molecular weight is 423 g/mol. The van der Waals surface area contributed by atoms with Crippen LogP contribution < -0.4 is 20.3 Å². The summed E-state index contributed by atoms with van der Waals surface area (Å²) in [5, 5.41) is 10.9. The lowest BCUT2D eigenvalue weighted by atomic mass is 10.2. The number of ether oxygens (including phenoxy) is 2. The van der Waals surface area contributed by atoms with E-state index in [1.165, 1.54) is 0 Å². The van der Waals surface area contributed by atoms with E-state index in [1.54, 1.807) is 43.8 Å². The molecule has 0 unspecified atom stereocenters. The normalized spacial score (nSPS) is 10.5. The molecule has 0 saturated heterocycles. The van der Waals surface area contributed by atoms with E-state index in [2.05, 4.69) is 25.5 Å². The Kier molecular flexibility index (Phi) is 7.69. The molecule has 9 heteroatoms. The maximum atomic E-state index is 12.4. The zero-order valence-electron chi connectivity index (χ0n) is 17.6. The Morgan fingerprint density at radius 2 is 2.06 bits per heavy atom. The molecule has 0 aliphatic carbocycles. The number of hydrogen-bond donors (Lipinski definition) is 2. The lowest BCUT2D eigenvalue weighted by Crippen LogP contribution is -2.25. The molecule has 162 valence electrons. The van der Waals surface area contributed by atoms with E-state index in [-0.39, 0.29) is 30.0 Å². The summed E-state index contributed by atoms with van der Waals surface area (Å²) < 4.78 is 11.0. The van der Waals surface area contributed by atoms with Crippen LogP contribution in [0.4, 0.5) is 0 Å². The first kappa shape index (κ1) is 21.9. The predicted octanol–water partition coefficient (Wildman–Crippen LogP) is 2.27. The van der Waals surface area contributed by atoms with Crippen molar-refractivity contribution in [2.24, 2.45) is 0 Å². The fourth-order valence-electron chi connectivity index (χ4n) is 2.82. The van der Waals surface area contributed by atoms with Crippen molar-refractivity contribution in [3.8, 4) is 22.9 Å².